The molecule has 1 aliphatic heterocycles. The minimum absolute atomic E-state index is 0.00281. The predicted octanol–water partition coefficient (Wildman–Crippen LogP) is 0.865. The highest BCUT2D eigenvalue weighted by Gasteiger charge is 2.40. The molecule has 0 bridgehead atoms. The summed E-state index contributed by atoms with van der Waals surface area (Å²) >= 11 is 0. The molecule has 2 rings (SSSR count). The fourth-order valence-electron chi connectivity index (χ4n) is 2.22. The van der Waals surface area contributed by atoms with Crippen molar-refractivity contribution in [2.75, 3.05) is 18.5 Å². The fraction of sp³-hybridized carbons (Fsp3) is 0.417. The molecule has 10 heteroatoms. The lowest BCUT2D eigenvalue weighted by molar-refractivity contribution is -0.137. The maximum Gasteiger partial charge on any atom is 0.418 e. The number of rotatable bonds is 4. The van der Waals surface area contributed by atoms with Gasteiger partial charge in [-0.05, 0) is 18.6 Å². The van der Waals surface area contributed by atoms with Gasteiger partial charge in [0.1, 0.15) is 6.04 Å². The summed E-state index contributed by atoms with van der Waals surface area (Å²) in [5, 5.41) is 0. The summed E-state index contributed by atoms with van der Waals surface area (Å²) in [5.41, 5.74) is -1.20. The molecule has 1 atom stereocenters. The molecule has 1 fully saturated rings. The van der Waals surface area contributed by atoms with E-state index in [4.69, 9.17) is 0 Å². The zero-order valence-corrected chi connectivity index (χ0v) is 12.3. The van der Waals surface area contributed by atoms with Crippen LogP contribution in [0.1, 0.15) is 12.0 Å². The Balaban J connectivity index is 2.28. The maximum atomic E-state index is 13.0. The molecule has 0 spiro atoms. The number of halogens is 3. The van der Waals surface area contributed by atoms with E-state index in [2.05, 4.69) is 4.72 Å². The summed E-state index contributed by atoms with van der Waals surface area (Å²) in [6.07, 6.45) is -4.51. The van der Waals surface area contributed by atoms with Crippen molar-refractivity contribution >= 4 is 21.8 Å². The van der Waals surface area contributed by atoms with Gasteiger partial charge in [-0.2, -0.15) is 26.3 Å². The average molecular weight is 337 g/mol. The van der Waals surface area contributed by atoms with Crippen molar-refractivity contribution in [1.82, 2.24) is 9.44 Å². The Morgan fingerprint density at radius 2 is 1.91 bits per heavy atom. The van der Waals surface area contributed by atoms with Crippen molar-refractivity contribution in [3.8, 4) is 0 Å². The second kappa shape index (κ2) is 5.86. The number of hydrogen-bond acceptors (Lipinski definition) is 3. The molecule has 0 saturated carbocycles. The molecule has 2 N–H and O–H groups in total. The number of hydrogen-bond donors (Lipinski definition) is 2. The van der Waals surface area contributed by atoms with E-state index in [0.29, 0.717) is 0 Å². The Morgan fingerprint density at radius 1 is 1.27 bits per heavy atom. The molecule has 1 aromatic rings. The van der Waals surface area contributed by atoms with E-state index in [0.717, 1.165) is 11.0 Å². The number of benzene rings is 1. The molecule has 6 nitrogen and oxygen atoms in total. The van der Waals surface area contributed by atoms with Gasteiger partial charge in [0, 0.05) is 13.6 Å². The summed E-state index contributed by atoms with van der Waals surface area (Å²) in [6, 6.07) is 3.61. The number of carbonyl (C=O) groups excluding carboxylic acids is 1. The van der Waals surface area contributed by atoms with Crippen molar-refractivity contribution in [1.29, 1.82) is 0 Å². The van der Waals surface area contributed by atoms with E-state index in [9.17, 15) is 26.4 Å². The molecular formula is C12H14F3N3O3S. The maximum absolute atomic E-state index is 13.0. The van der Waals surface area contributed by atoms with Crippen molar-refractivity contribution in [3.05, 3.63) is 29.8 Å². The lowest BCUT2D eigenvalue weighted by Gasteiger charge is -2.21. The Labute approximate surface area is 125 Å². The first kappa shape index (κ1) is 16.7. The summed E-state index contributed by atoms with van der Waals surface area (Å²) < 4.78 is 65.9. The third-order valence-electron chi connectivity index (χ3n) is 3.27. The van der Waals surface area contributed by atoms with E-state index in [1.165, 1.54) is 25.2 Å². The standard InChI is InChI=1S/C12H14F3N3O3S/c1-16-22(20,21)17-9-6-7-18(11(9)19)10-5-3-2-4-8(10)12(13,14)15/h2-5,9,16-17H,6-7H2,1H3. The number of amides is 1. The monoisotopic (exact) mass is 337 g/mol. The number of nitrogens with zero attached hydrogens (tertiary/aromatic N) is 1. The lowest BCUT2D eigenvalue weighted by Crippen LogP contribution is -2.45. The zero-order chi connectivity index (χ0) is 16.5. The normalized spacial score (nSPS) is 19.7. The highest BCUT2D eigenvalue weighted by Crippen LogP contribution is 2.37. The van der Waals surface area contributed by atoms with E-state index in [-0.39, 0.29) is 18.7 Å². The Kier molecular flexibility index (Phi) is 4.45. The summed E-state index contributed by atoms with van der Waals surface area (Å²) in [7, 11) is -2.68. The van der Waals surface area contributed by atoms with Crippen LogP contribution in [0.5, 0.6) is 0 Å². The van der Waals surface area contributed by atoms with E-state index < -0.39 is 33.9 Å². The van der Waals surface area contributed by atoms with Crippen LogP contribution in [0.2, 0.25) is 0 Å². The van der Waals surface area contributed by atoms with Crippen molar-refractivity contribution in [3.63, 3.8) is 0 Å². The van der Waals surface area contributed by atoms with Crippen molar-refractivity contribution < 1.29 is 26.4 Å². The third-order valence-corrected chi connectivity index (χ3v) is 4.40. The first-order valence-electron chi connectivity index (χ1n) is 6.34. The molecule has 1 aliphatic rings. The molecule has 1 heterocycles. The highest BCUT2D eigenvalue weighted by atomic mass is 32.2. The van der Waals surface area contributed by atoms with Gasteiger partial charge in [0.05, 0.1) is 11.3 Å². The number of carbonyl (C=O) groups is 1. The minimum atomic E-state index is -4.60. The summed E-state index contributed by atoms with van der Waals surface area (Å²) in [6.45, 7) is 0.00281. The molecule has 122 valence electrons. The van der Waals surface area contributed by atoms with Crippen LogP contribution in [0, 0.1) is 0 Å². The van der Waals surface area contributed by atoms with Gasteiger partial charge in [0.2, 0.25) is 5.91 Å². The van der Waals surface area contributed by atoms with Crippen LogP contribution in [-0.2, 0) is 21.2 Å². The quantitative estimate of drug-likeness (QED) is 0.856. The van der Waals surface area contributed by atoms with Crippen LogP contribution >= 0.6 is 0 Å². The van der Waals surface area contributed by atoms with Gasteiger partial charge in [0.15, 0.2) is 0 Å². The summed E-state index contributed by atoms with van der Waals surface area (Å²) in [5.74, 6) is -0.712. The van der Waals surface area contributed by atoms with Crippen molar-refractivity contribution in [2.45, 2.75) is 18.6 Å². The SMILES string of the molecule is CNS(=O)(=O)NC1CCN(c2ccccc2C(F)(F)F)C1=O. The second-order valence-electron chi connectivity index (χ2n) is 4.67. The van der Waals surface area contributed by atoms with Crippen LogP contribution in [-0.4, -0.2) is 34.0 Å². The number of nitrogens with one attached hydrogen (secondary N) is 2. The third kappa shape index (κ3) is 3.39. The first-order chi connectivity index (χ1) is 10.2. The topological polar surface area (TPSA) is 78.5 Å². The van der Waals surface area contributed by atoms with Crippen LogP contribution in [0.25, 0.3) is 0 Å². The largest absolute Gasteiger partial charge is 0.418 e. The van der Waals surface area contributed by atoms with Crippen LogP contribution in [0.15, 0.2) is 24.3 Å². The minimum Gasteiger partial charge on any atom is -0.310 e. The smallest absolute Gasteiger partial charge is 0.310 e. The van der Waals surface area contributed by atoms with E-state index in [1.54, 1.807) is 0 Å². The molecule has 1 unspecified atom stereocenters. The first-order valence-corrected chi connectivity index (χ1v) is 7.82. The number of alkyl halides is 3. The molecule has 0 aromatic heterocycles. The van der Waals surface area contributed by atoms with Gasteiger partial charge in [-0.1, -0.05) is 12.1 Å². The average Bonchev–Trinajstić information content (AvgIpc) is 2.79. The molecule has 1 amide bonds. The van der Waals surface area contributed by atoms with Crippen LogP contribution in [0.3, 0.4) is 0 Å². The fourth-order valence-corrected chi connectivity index (χ4v) is 2.93. The molecule has 0 aliphatic carbocycles. The lowest BCUT2D eigenvalue weighted by atomic mass is 10.1. The van der Waals surface area contributed by atoms with Gasteiger partial charge in [0.25, 0.3) is 10.2 Å². The van der Waals surface area contributed by atoms with Crippen LogP contribution in [0.4, 0.5) is 18.9 Å². The van der Waals surface area contributed by atoms with E-state index in [1.807, 2.05) is 4.72 Å². The predicted molar refractivity (Wildman–Crippen MR) is 73.3 cm³/mol. The van der Waals surface area contributed by atoms with Gasteiger partial charge >= 0.3 is 6.18 Å². The van der Waals surface area contributed by atoms with Gasteiger partial charge in [-0.15, -0.1) is 0 Å². The second-order valence-corrected chi connectivity index (χ2v) is 6.32. The van der Waals surface area contributed by atoms with Crippen LogP contribution < -0.4 is 14.3 Å². The Bertz CT molecular complexity index is 676. The Hall–Kier alpha value is -1.65. The molecule has 1 saturated heterocycles. The number of para-hydroxylation sites is 1. The van der Waals surface area contributed by atoms with Crippen molar-refractivity contribution in [2.24, 2.45) is 0 Å². The summed E-state index contributed by atoms with van der Waals surface area (Å²) in [4.78, 5) is 13.1. The van der Waals surface area contributed by atoms with Gasteiger partial charge in [-0.25, -0.2) is 4.72 Å². The molecule has 22 heavy (non-hydrogen) atoms. The van der Waals surface area contributed by atoms with E-state index >= 15 is 0 Å². The van der Waals surface area contributed by atoms with Gasteiger partial charge in [-0.3, -0.25) is 4.79 Å². The number of anilines is 1. The molecular weight excluding hydrogens is 323 g/mol. The zero-order valence-electron chi connectivity index (χ0n) is 11.5. The highest BCUT2D eigenvalue weighted by molar-refractivity contribution is 7.87. The Morgan fingerprint density at radius 3 is 2.50 bits per heavy atom. The molecule has 1 aromatic carbocycles. The molecule has 0 radical (unpaired) electrons. The van der Waals surface area contributed by atoms with Gasteiger partial charge < -0.3 is 4.90 Å².